The van der Waals surface area contributed by atoms with Crippen LogP contribution in [0.1, 0.15) is 77.3 Å². The van der Waals surface area contributed by atoms with Crippen molar-refractivity contribution >= 4 is 39.2 Å². The highest BCUT2D eigenvalue weighted by molar-refractivity contribution is 7.90. The highest BCUT2D eigenvalue weighted by atomic mass is 35.5. The molecule has 4 aliphatic rings. The molecule has 1 amide bonds. The standard InChI is InChI=1S/C42H49ClN2O8S/c1-27-8-6-12-37(46)34-16-13-31(34)23-45-25-42(19-7-11-29-20-32(43)15-17-35(29)42)26-52-38-18-14-30(21-36(38)45)40(47)44-54(49,50)39(27)22-33(24-51-2)53-41(48)28-9-4-3-5-10-28/h3-6,9-10,12,14-15,17-18,20-21,27,31,33-34,37,39,46H,7-8,11,13,16,19,22-26H2,1-2H3,(H,44,47)/b12-6-/t27-,31-,33-,34+,37-,39+,42-/m0/s1. The second-order valence-corrected chi connectivity index (χ2v) is 17.9. The van der Waals surface area contributed by atoms with Crippen molar-refractivity contribution in [1.82, 2.24) is 4.72 Å². The van der Waals surface area contributed by atoms with E-state index in [0.29, 0.717) is 42.5 Å². The van der Waals surface area contributed by atoms with E-state index in [1.165, 1.54) is 18.2 Å². The fourth-order valence-corrected chi connectivity index (χ4v) is 10.8. The molecule has 0 unspecified atom stereocenters. The minimum Gasteiger partial charge on any atom is -0.490 e. The average molecular weight is 777 g/mol. The van der Waals surface area contributed by atoms with Gasteiger partial charge in [-0.15, -0.1) is 0 Å². The Bertz CT molecular complexity index is 1990. The smallest absolute Gasteiger partial charge is 0.338 e. The Kier molecular flexibility index (Phi) is 11.4. The van der Waals surface area contributed by atoms with Gasteiger partial charge >= 0.3 is 5.97 Å². The van der Waals surface area contributed by atoms with Crippen molar-refractivity contribution < 1.29 is 37.3 Å². The number of aliphatic hydroxyl groups excluding tert-OH is 1. The van der Waals surface area contributed by atoms with Crippen molar-refractivity contribution in [3.05, 3.63) is 106 Å². The molecule has 2 aliphatic heterocycles. The summed E-state index contributed by atoms with van der Waals surface area (Å²) in [7, 11) is -2.88. The first-order chi connectivity index (χ1) is 26.0. The molecule has 1 saturated carbocycles. The summed E-state index contributed by atoms with van der Waals surface area (Å²) >= 11 is 6.43. The number of ether oxygens (including phenoxy) is 3. The number of halogens is 1. The lowest BCUT2D eigenvalue weighted by Crippen LogP contribution is -2.49. The maximum absolute atomic E-state index is 14.2. The van der Waals surface area contributed by atoms with Gasteiger partial charge in [-0.2, -0.15) is 0 Å². The highest BCUT2D eigenvalue weighted by Crippen LogP contribution is 2.47. The Morgan fingerprint density at radius 3 is 2.70 bits per heavy atom. The van der Waals surface area contributed by atoms with Gasteiger partial charge in [0.1, 0.15) is 11.9 Å². The van der Waals surface area contributed by atoms with Crippen LogP contribution in [0.25, 0.3) is 0 Å². The zero-order chi connectivity index (χ0) is 38.0. The molecule has 3 aromatic rings. The van der Waals surface area contributed by atoms with E-state index in [0.717, 1.165) is 37.8 Å². The van der Waals surface area contributed by atoms with Gasteiger partial charge in [0.25, 0.3) is 5.91 Å². The molecule has 2 aliphatic carbocycles. The van der Waals surface area contributed by atoms with Crippen molar-refractivity contribution in [1.29, 1.82) is 0 Å². The highest BCUT2D eigenvalue weighted by Gasteiger charge is 2.44. The van der Waals surface area contributed by atoms with E-state index in [1.54, 1.807) is 61.5 Å². The number of fused-ring (bicyclic) bond motifs is 4. The predicted octanol–water partition coefficient (Wildman–Crippen LogP) is 6.49. The zero-order valence-corrected chi connectivity index (χ0v) is 32.4. The number of hydrogen-bond donors (Lipinski definition) is 2. The van der Waals surface area contributed by atoms with Gasteiger partial charge in [0, 0.05) is 42.6 Å². The largest absolute Gasteiger partial charge is 0.490 e. The fourth-order valence-electron chi connectivity index (χ4n) is 8.85. The monoisotopic (exact) mass is 776 g/mol. The number of allylic oxidation sites excluding steroid dienone is 1. The number of amides is 1. The quantitative estimate of drug-likeness (QED) is 0.213. The summed E-state index contributed by atoms with van der Waals surface area (Å²) in [6, 6.07) is 19.7. The molecular weight excluding hydrogens is 728 g/mol. The van der Waals surface area contributed by atoms with E-state index in [4.69, 9.17) is 25.8 Å². The van der Waals surface area contributed by atoms with Gasteiger partial charge in [0.15, 0.2) is 0 Å². The van der Waals surface area contributed by atoms with Crippen LogP contribution in [0.2, 0.25) is 5.02 Å². The number of sulfonamides is 1. The zero-order valence-electron chi connectivity index (χ0n) is 30.8. The molecule has 7 rings (SSSR count). The molecule has 288 valence electrons. The van der Waals surface area contributed by atoms with Crippen LogP contribution in [0.15, 0.2) is 78.9 Å². The average Bonchev–Trinajstić information content (AvgIpc) is 3.28. The van der Waals surface area contributed by atoms with Crippen LogP contribution in [-0.2, 0) is 31.3 Å². The number of benzene rings is 3. The minimum absolute atomic E-state index is 0.0278. The van der Waals surface area contributed by atoms with Crippen molar-refractivity contribution in [3.63, 3.8) is 0 Å². The van der Waals surface area contributed by atoms with E-state index in [2.05, 4.69) is 21.8 Å². The van der Waals surface area contributed by atoms with E-state index < -0.39 is 45.3 Å². The SMILES string of the molecule is COC[C@H](C[C@@H]1[C@@H](C)C/C=C\[C@H](O)[C@@H]2CC[C@H]2CN2C[C@@]3(CCCc4cc(Cl)ccc43)COc3ccc(cc32)C(=O)NS1(=O)=O)OC(=O)c1ccccc1. The lowest BCUT2D eigenvalue weighted by molar-refractivity contribution is 0.00169. The van der Waals surface area contributed by atoms with Crippen molar-refractivity contribution in [2.24, 2.45) is 17.8 Å². The third kappa shape index (κ3) is 8.05. The summed E-state index contributed by atoms with van der Waals surface area (Å²) in [6.45, 7) is 3.48. The third-order valence-corrected chi connectivity index (χ3v) is 14.1. The predicted molar refractivity (Wildman–Crippen MR) is 208 cm³/mol. The number of anilines is 1. The summed E-state index contributed by atoms with van der Waals surface area (Å²) in [5.41, 5.74) is 3.35. The second-order valence-electron chi connectivity index (χ2n) is 15.5. The van der Waals surface area contributed by atoms with Crippen molar-refractivity contribution in [2.75, 3.05) is 38.3 Å². The number of aliphatic hydroxyl groups is 1. The van der Waals surface area contributed by atoms with E-state index in [1.807, 2.05) is 12.1 Å². The Morgan fingerprint density at radius 1 is 1.13 bits per heavy atom. The van der Waals surface area contributed by atoms with Gasteiger partial charge in [-0.05, 0) is 110 Å². The molecule has 0 radical (unpaired) electrons. The maximum Gasteiger partial charge on any atom is 0.338 e. The van der Waals surface area contributed by atoms with E-state index in [-0.39, 0.29) is 35.8 Å². The third-order valence-electron chi connectivity index (χ3n) is 11.9. The molecule has 12 heteroatoms. The van der Waals surface area contributed by atoms with Crippen LogP contribution in [0.5, 0.6) is 5.75 Å². The minimum atomic E-state index is -4.33. The molecule has 0 aromatic heterocycles. The molecule has 54 heavy (non-hydrogen) atoms. The topological polar surface area (TPSA) is 131 Å². The van der Waals surface area contributed by atoms with Crippen LogP contribution < -0.4 is 14.4 Å². The lowest BCUT2D eigenvalue weighted by Gasteiger charge is -2.45. The van der Waals surface area contributed by atoms with Gasteiger partial charge in [0.05, 0.1) is 35.8 Å². The Balaban J connectivity index is 1.23. The molecule has 2 N–H and O–H groups in total. The van der Waals surface area contributed by atoms with Gasteiger partial charge < -0.3 is 24.2 Å². The van der Waals surface area contributed by atoms with Crippen LogP contribution in [-0.4, -0.2) is 76.3 Å². The molecule has 1 fully saturated rings. The Hall–Kier alpha value is -3.90. The molecule has 2 heterocycles. The number of carbonyl (C=O) groups excluding carboxylic acids is 2. The molecule has 1 spiro atoms. The first-order valence-electron chi connectivity index (χ1n) is 18.9. The molecule has 3 aromatic carbocycles. The van der Waals surface area contributed by atoms with Crippen molar-refractivity contribution in [2.45, 2.75) is 74.7 Å². The van der Waals surface area contributed by atoms with Crippen LogP contribution in [0, 0.1) is 17.8 Å². The normalized spacial score (nSPS) is 28.9. The van der Waals surface area contributed by atoms with Gasteiger partial charge in [0.2, 0.25) is 10.0 Å². The molecule has 10 nitrogen and oxygen atoms in total. The molecule has 7 atom stereocenters. The van der Waals surface area contributed by atoms with Gasteiger partial charge in [-0.25, -0.2) is 17.9 Å². The van der Waals surface area contributed by atoms with Crippen molar-refractivity contribution in [3.8, 4) is 5.75 Å². The fraction of sp³-hybridized carbons (Fsp3) is 0.476. The number of hydrogen-bond acceptors (Lipinski definition) is 9. The number of nitrogens with zero attached hydrogens (tertiary/aromatic N) is 1. The summed E-state index contributed by atoms with van der Waals surface area (Å²) in [5, 5.41) is 11.0. The van der Waals surface area contributed by atoms with Crippen LogP contribution in [0.3, 0.4) is 0 Å². The Labute approximate surface area is 322 Å². The molecule has 2 bridgehead atoms. The maximum atomic E-state index is 14.2. The first-order valence-corrected chi connectivity index (χ1v) is 20.8. The number of carbonyl (C=O) groups is 2. The summed E-state index contributed by atoms with van der Waals surface area (Å²) in [5.74, 6) is -1.02. The number of rotatable bonds is 6. The summed E-state index contributed by atoms with van der Waals surface area (Å²) in [4.78, 5) is 29.3. The Morgan fingerprint density at radius 2 is 1.94 bits per heavy atom. The first kappa shape index (κ1) is 38.4. The molecule has 0 saturated heterocycles. The lowest BCUT2D eigenvalue weighted by atomic mass is 9.68. The number of nitrogens with one attached hydrogen (secondary N) is 1. The molecular formula is C42H49ClN2O8S. The number of methoxy groups -OCH3 is 1. The van der Waals surface area contributed by atoms with E-state index in [9.17, 15) is 23.1 Å². The van der Waals surface area contributed by atoms with Crippen LogP contribution in [0.4, 0.5) is 5.69 Å². The van der Waals surface area contributed by atoms with E-state index >= 15 is 0 Å². The van der Waals surface area contributed by atoms with Gasteiger partial charge in [-0.1, -0.05) is 54.9 Å². The summed E-state index contributed by atoms with van der Waals surface area (Å²) < 4.78 is 48.6. The number of esters is 1. The second kappa shape index (κ2) is 16.1. The van der Waals surface area contributed by atoms with Crippen LogP contribution >= 0.6 is 11.6 Å². The van der Waals surface area contributed by atoms with Gasteiger partial charge in [-0.3, -0.25) is 4.79 Å². The number of aryl methyl sites for hydroxylation is 1. The summed E-state index contributed by atoms with van der Waals surface area (Å²) in [6.07, 6.45) is 6.88.